The summed E-state index contributed by atoms with van der Waals surface area (Å²) in [4.78, 5) is 17.4. The van der Waals surface area contributed by atoms with E-state index < -0.39 is 0 Å². The third-order valence-electron chi connectivity index (χ3n) is 6.93. The Bertz CT molecular complexity index is 1450. The second-order valence-electron chi connectivity index (χ2n) is 9.43. The van der Waals surface area contributed by atoms with Crippen LogP contribution in [0, 0.1) is 25.2 Å². The van der Waals surface area contributed by atoms with Gasteiger partial charge < -0.3 is 15.2 Å². The Morgan fingerprint density at radius 1 is 1.08 bits per heavy atom. The van der Waals surface area contributed by atoms with Gasteiger partial charge in [0.25, 0.3) is 0 Å². The topological polar surface area (TPSA) is 83.9 Å². The summed E-state index contributed by atoms with van der Waals surface area (Å²) in [5.74, 6) is 0. The molecule has 4 aromatic rings. The third kappa shape index (κ3) is 5.01. The molecule has 1 aliphatic rings. The highest BCUT2D eigenvalue weighted by atomic mass is 15.2. The van der Waals surface area contributed by atoms with Gasteiger partial charge in [0.2, 0.25) is 0 Å². The molecule has 3 aromatic heterocycles. The van der Waals surface area contributed by atoms with E-state index in [9.17, 15) is 5.26 Å². The molecule has 0 saturated carbocycles. The maximum atomic E-state index is 9.83. The van der Waals surface area contributed by atoms with Crippen molar-refractivity contribution in [1.82, 2.24) is 24.8 Å². The molecule has 4 heterocycles. The molecule has 1 aromatic carbocycles. The van der Waals surface area contributed by atoms with Gasteiger partial charge in [0.15, 0.2) is 0 Å². The van der Waals surface area contributed by atoms with E-state index in [1.165, 1.54) is 0 Å². The van der Waals surface area contributed by atoms with Crippen LogP contribution >= 0.6 is 0 Å². The molecular formula is C29H31N7. The minimum Gasteiger partial charge on any atom is -0.361 e. The van der Waals surface area contributed by atoms with E-state index in [2.05, 4.69) is 69.4 Å². The summed E-state index contributed by atoms with van der Waals surface area (Å²) in [6.45, 7) is 9.21. The van der Waals surface area contributed by atoms with Gasteiger partial charge in [0.05, 0.1) is 22.6 Å². The number of aromatic amines is 1. The molecule has 0 bridgehead atoms. The molecule has 7 heteroatoms. The molecule has 0 atom stereocenters. The standard InChI is InChI=1S/C29H31N7/c1-20-25-11-12-31-28(25)10-9-27(20)34-29-22(17-30)18-32-21(2)26(29)8-7-23-5-4-6-24(33-23)19-36-15-13-35(3)14-16-36/h4-12,18,31H,13-16,19H2,1-3H3,(H,32,34)/b8-7+. The van der Waals surface area contributed by atoms with Crippen LogP contribution in [0.1, 0.15) is 33.8 Å². The first-order chi connectivity index (χ1) is 17.5. The molecule has 182 valence electrons. The highest BCUT2D eigenvalue weighted by Crippen LogP contribution is 2.32. The molecule has 0 amide bonds. The van der Waals surface area contributed by atoms with Crippen LogP contribution in [0.15, 0.2) is 48.8 Å². The van der Waals surface area contributed by atoms with Crippen LogP contribution in [-0.4, -0.2) is 58.0 Å². The number of pyridine rings is 2. The number of fused-ring (bicyclic) bond motifs is 1. The highest BCUT2D eigenvalue weighted by Gasteiger charge is 2.15. The minimum atomic E-state index is 0.505. The smallest absolute Gasteiger partial charge is 0.103 e. The van der Waals surface area contributed by atoms with Gasteiger partial charge in [-0.2, -0.15) is 5.26 Å². The van der Waals surface area contributed by atoms with Crippen molar-refractivity contribution in [3.63, 3.8) is 0 Å². The van der Waals surface area contributed by atoms with Crippen molar-refractivity contribution in [2.45, 2.75) is 20.4 Å². The molecular weight excluding hydrogens is 446 g/mol. The molecule has 2 N–H and O–H groups in total. The fourth-order valence-corrected chi connectivity index (χ4v) is 4.68. The number of anilines is 2. The van der Waals surface area contributed by atoms with Crippen molar-refractivity contribution >= 4 is 34.4 Å². The van der Waals surface area contributed by atoms with Gasteiger partial charge in [-0.15, -0.1) is 0 Å². The van der Waals surface area contributed by atoms with Gasteiger partial charge in [-0.3, -0.25) is 14.9 Å². The first kappa shape index (κ1) is 23.7. The van der Waals surface area contributed by atoms with Crippen molar-refractivity contribution < 1.29 is 0 Å². The first-order valence-electron chi connectivity index (χ1n) is 12.3. The molecule has 0 aliphatic carbocycles. The fourth-order valence-electron chi connectivity index (χ4n) is 4.68. The fraction of sp³-hybridized carbons (Fsp3) is 0.276. The third-order valence-corrected chi connectivity index (χ3v) is 6.93. The monoisotopic (exact) mass is 477 g/mol. The molecule has 5 rings (SSSR count). The number of aryl methyl sites for hydroxylation is 2. The van der Waals surface area contributed by atoms with Gasteiger partial charge in [0, 0.05) is 73.0 Å². The Hall–Kier alpha value is -3.99. The molecule has 0 unspecified atom stereocenters. The highest BCUT2D eigenvalue weighted by molar-refractivity contribution is 5.90. The zero-order valence-electron chi connectivity index (χ0n) is 21.0. The quantitative estimate of drug-likeness (QED) is 0.402. The predicted octanol–water partition coefficient (Wildman–Crippen LogP) is 5.11. The number of aromatic nitrogens is 3. The number of piperazine rings is 1. The summed E-state index contributed by atoms with van der Waals surface area (Å²) in [6.07, 6.45) is 7.59. The molecule has 7 nitrogen and oxygen atoms in total. The van der Waals surface area contributed by atoms with Crippen molar-refractivity contribution in [2.24, 2.45) is 0 Å². The summed E-state index contributed by atoms with van der Waals surface area (Å²) in [7, 11) is 2.17. The van der Waals surface area contributed by atoms with Crippen LogP contribution in [0.25, 0.3) is 23.1 Å². The number of nitrogens with one attached hydrogen (secondary N) is 2. The van der Waals surface area contributed by atoms with Crippen LogP contribution in [0.5, 0.6) is 0 Å². The summed E-state index contributed by atoms with van der Waals surface area (Å²) >= 11 is 0. The summed E-state index contributed by atoms with van der Waals surface area (Å²) < 4.78 is 0. The summed E-state index contributed by atoms with van der Waals surface area (Å²) in [6, 6.07) is 14.6. The lowest BCUT2D eigenvalue weighted by Gasteiger charge is -2.32. The maximum absolute atomic E-state index is 9.83. The van der Waals surface area contributed by atoms with Gasteiger partial charge >= 0.3 is 0 Å². The molecule has 1 aliphatic heterocycles. The number of hydrogen-bond donors (Lipinski definition) is 2. The maximum Gasteiger partial charge on any atom is 0.103 e. The predicted molar refractivity (Wildman–Crippen MR) is 146 cm³/mol. The van der Waals surface area contributed by atoms with Crippen molar-refractivity contribution in [1.29, 1.82) is 5.26 Å². The van der Waals surface area contributed by atoms with E-state index >= 15 is 0 Å². The Morgan fingerprint density at radius 3 is 2.72 bits per heavy atom. The number of likely N-dealkylation sites (N-methyl/N-ethyl adjacent to an activating group) is 1. The lowest BCUT2D eigenvalue weighted by molar-refractivity contribution is 0.147. The van der Waals surface area contributed by atoms with Crippen LogP contribution in [0.4, 0.5) is 11.4 Å². The molecule has 0 radical (unpaired) electrons. The van der Waals surface area contributed by atoms with Crippen LogP contribution < -0.4 is 5.32 Å². The van der Waals surface area contributed by atoms with E-state index in [4.69, 9.17) is 4.98 Å². The van der Waals surface area contributed by atoms with Crippen LogP contribution in [0.3, 0.4) is 0 Å². The van der Waals surface area contributed by atoms with Gasteiger partial charge in [-0.1, -0.05) is 6.07 Å². The average Bonchev–Trinajstić information content (AvgIpc) is 3.37. The van der Waals surface area contributed by atoms with E-state index in [0.717, 1.165) is 83.2 Å². The lowest BCUT2D eigenvalue weighted by Crippen LogP contribution is -2.44. The molecule has 1 saturated heterocycles. The Labute approximate surface area is 212 Å². The van der Waals surface area contributed by atoms with E-state index in [1.54, 1.807) is 6.20 Å². The Balaban J connectivity index is 1.43. The van der Waals surface area contributed by atoms with Crippen LogP contribution in [-0.2, 0) is 6.54 Å². The number of rotatable bonds is 6. The van der Waals surface area contributed by atoms with E-state index in [-0.39, 0.29) is 0 Å². The number of nitrogens with zero attached hydrogens (tertiary/aromatic N) is 5. The largest absolute Gasteiger partial charge is 0.361 e. The number of hydrogen-bond acceptors (Lipinski definition) is 6. The normalized spacial score (nSPS) is 14.9. The Kier molecular flexibility index (Phi) is 6.81. The summed E-state index contributed by atoms with van der Waals surface area (Å²) in [5, 5.41) is 14.5. The van der Waals surface area contributed by atoms with Gasteiger partial charge in [-0.05, 0) is 68.9 Å². The Morgan fingerprint density at radius 2 is 1.92 bits per heavy atom. The molecule has 36 heavy (non-hydrogen) atoms. The van der Waals surface area contributed by atoms with Gasteiger partial charge in [0.1, 0.15) is 6.07 Å². The van der Waals surface area contributed by atoms with Crippen LogP contribution in [0.2, 0.25) is 0 Å². The second kappa shape index (κ2) is 10.3. The lowest BCUT2D eigenvalue weighted by atomic mass is 10.0. The first-order valence-corrected chi connectivity index (χ1v) is 12.3. The van der Waals surface area contributed by atoms with Crippen molar-refractivity contribution in [3.8, 4) is 6.07 Å². The SMILES string of the molecule is Cc1ncc(C#N)c(Nc2ccc3[nH]ccc3c2C)c1/C=C/c1cccc(CN2CCN(C)CC2)n1. The second-order valence-corrected chi connectivity index (χ2v) is 9.43. The van der Waals surface area contributed by atoms with Gasteiger partial charge in [-0.25, -0.2) is 0 Å². The number of nitriles is 1. The minimum absolute atomic E-state index is 0.505. The van der Waals surface area contributed by atoms with Crippen molar-refractivity contribution in [3.05, 3.63) is 82.6 Å². The zero-order chi connectivity index (χ0) is 25.1. The average molecular weight is 478 g/mol. The number of benzene rings is 1. The molecule has 0 spiro atoms. The molecule has 1 fully saturated rings. The zero-order valence-corrected chi connectivity index (χ0v) is 21.0. The van der Waals surface area contributed by atoms with E-state index in [1.807, 2.05) is 37.4 Å². The number of H-pyrrole nitrogens is 1. The van der Waals surface area contributed by atoms with Crippen molar-refractivity contribution in [2.75, 3.05) is 38.5 Å². The summed E-state index contributed by atoms with van der Waals surface area (Å²) in [5.41, 5.74) is 8.13. The van der Waals surface area contributed by atoms with E-state index in [0.29, 0.717) is 5.56 Å².